The molecule has 0 saturated carbocycles. The normalized spacial score (nSPS) is 11.7. The molecular weight excluding hydrogens is 264 g/mol. The van der Waals surface area contributed by atoms with Crippen LogP contribution < -0.4 is 5.19 Å². The van der Waals surface area contributed by atoms with Crippen molar-refractivity contribution in [2.24, 2.45) is 0 Å². The van der Waals surface area contributed by atoms with Gasteiger partial charge in [-0.2, -0.15) is 0 Å². The minimum Gasteiger partial charge on any atom is -0.373 e. The van der Waals surface area contributed by atoms with E-state index in [2.05, 4.69) is 15.9 Å². The first-order chi connectivity index (χ1) is 6.68. The Morgan fingerprint density at radius 2 is 1.36 bits per heavy atom. The van der Waals surface area contributed by atoms with E-state index in [-0.39, 0.29) is 0 Å². The first-order valence-electron chi connectivity index (χ1n) is 4.10. The molecule has 0 spiro atoms. The Bertz CT molecular complexity index is 276. The lowest BCUT2D eigenvalue weighted by Crippen LogP contribution is -2.54. The van der Waals surface area contributed by atoms with Crippen LogP contribution in [0.2, 0.25) is 0 Å². The van der Waals surface area contributed by atoms with E-state index in [0.29, 0.717) is 0 Å². The summed E-state index contributed by atoms with van der Waals surface area (Å²) in [7, 11) is 2.16. The maximum Gasteiger partial charge on any atom is 0.536 e. The second-order valence-electron chi connectivity index (χ2n) is 2.68. The van der Waals surface area contributed by atoms with Crippen LogP contribution in [0.25, 0.3) is 0 Å². The third kappa shape index (κ3) is 2.24. The molecule has 0 aliphatic heterocycles. The van der Waals surface area contributed by atoms with Crippen LogP contribution in [0.4, 0.5) is 0 Å². The SMILES string of the molecule is CO[Si](OC)(OC)c1ccc(Br)cc1. The van der Waals surface area contributed by atoms with Gasteiger partial charge in [0.1, 0.15) is 0 Å². The largest absolute Gasteiger partial charge is 0.536 e. The lowest BCUT2D eigenvalue weighted by molar-refractivity contribution is 0.140. The molecule has 1 rings (SSSR count). The average Bonchev–Trinajstić information content (AvgIpc) is 2.24. The molecule has 0 saturated heterocycles. The highest BCUT2D eigenvalue weighted by Gasteiger charge is 2.40. The fourth-order valence-electron chi connectivity index (χ4n) is 1.26. The minimum atomic E-state index is -2.64. The summed E-state index contributed by atoms with van der Waals surface area (Å²) in [5, 5.41) is 0.952. The zero-order valence-electron chi connectivity index (χ0n) is 8.41. The topological polar surface area (TPSA) is 27.7 Å². The summed E-state index contributed by atoms with van der Waals surface area (Å²) in [5.74, 6) is 0. The molecule has 0 aromatic heterocycles. The molecule has 0 heterocycles. The predicted molar refractivity (Wildman–Crippen MR) is 60.6 cm³/mol. The summed E-state index contributed by atoms with van der Waals surface area (Å²) in [6.07, 6.45) is 0. The van der Waals surface area contributed by atoms with Gasteiger partial charge in [-0.15, -0.1) is 0 Å². The molecule has 0 N–H and O–H groups in total. The van der Waals surface area contributed by atoms with Crippen LogP contribution in [0.3, 0.4) is 0 Å². The van der Waals surface area contributed by atoms with Crippen LogP contribution in [-0.2, 0) is 13.3 Å². The quantitative estimate of drug-likeness (QED) is 0.781. The van der Waals surface area contributed by atoms with Crippen molar-refractivity contribution in [3.8, 4) is 0 Å². The van der Waals surface area contributed by atoms with Gasteiger partial charge in [-0.25, -0.2) is 0 Å². The van der Waals surface area contributed by atoms with Crippen molar-refractivity contribution >= 4 is 29.9 Å². The Morgan fingerprint density at radius 3 is 1.71 bits per heavy atom. The van der Waals surface area contributed by atoms with Gasteiger partial charge in [-0.3, -0.25) is 0 Å². The molecule has 0 amide bonds. The van der Waals surface area contributed by atoms with Gasteiger partial charge in [-0.1, -0.05) is 28.1 Å². The molecule has 0 fully saturated rings. The van der Waals surface area contributed by atoms with Crippen LogP contribution in [0.15, 0.2) is 28.7 Å². The molecule has 0 radical (unpaired) electrons. The smallest absolute Gasteiger partial charge is 0.373 e. The maximum absolute atomic E-state index is 5.34. The van der Waals surface area contributed by atoms with Crippen molar-refractivity contribution in [3.05, 3.63) is 28.7 Å². The number of halogens is 1. The van der Waals surface area contributed by atoms with Crippen LogP contribution in [0, 0.1) is 0 Å². The van der Waals surface area contributed by atoms with E-state index in [1.807, 2.05) is 24.3 Å². The molecule has 3 nitrogen and oxygen atoms in total. The molecule has 0 bridgehead atoms. The maximum atomic E-state index is 5.34. The van der Waals surface area contributed by atoms with Crippen molar-refractivity contribution in [1.82, 2.24) is 0 Å². The molecule has 0 atom stereocenters. The zero-order valence-corrected chi connectivity index (χ0v) is 11.0. The molecule has 0 unspecified atom stereocenters. The van der Waals surface area contributed by atoms with Gasteiger partial charge in [0.2, 0.25) is 0 Å². The number of rotatable bonds is 4. The molecule has 0 aliphatic carbocycles. The Balaban J connectivity index is 3.05. The highest BCUT2D eigenvalue weighted by atomic mass is 79.9. The summed E-state index contributed by atoms with van der Waals surface area (Å²) in [4.78, 5) is 0. The van der Waals surface area contributed by atoms with E-state index < -0.39 is 8.80 Å². The molecular formula is C9H13BrO3Si. The first-order valence-corrected chi connectivity index (χ1v) is 6.62. The van der Waals surface area contributed by atoms with Crippen molar-refractivity contribution < 1.29 is 13.3 Å². The van der Waals surface area contributed by atoms with Gasteiger partial charge < -0.3 is 13.3 Å². The highest BCUT2D eigenvalue weighted by Crippen LogP contribution is 2.11. The molecule has 0 aliphatic rings. The molecule has 1 aromatic carbocycles. The number of benzene rings is 1. The summed E-state index contributed by atoms with van der Waals surface area (Å²) >= 11 is 3.37. The van der Waals surface area contributed by atoms with Gasteiger partial charge >= 0.3 is 8.80 Å². The first kappa shape index (κ1) is 11.9. The van der Waals surface area contributed by atoms with Gasteiger partial charge in [0.15, 0.2) is 0 Å². The van der Waals surface area contributed by atoms with E-state index >= 15 is 0 Å². The van der Waals surface area contributed by atoms with Crippen LogP contribution in [-0.4, -0.2) is 30.1 Å². The van der Waals surface area contributed by atoms with Crippen LogP contribution in [0.1, 0.15) is 0 Å². The molecule has 5 heteroatoms. The summed E-state index contributed by atoms with van der Waals surface area (Å²) < 4.78 is 17.0. The summed E-state index contributed by atoms with van der Waals surface area (Å²) in [6, 6.07) is 7.75. The van der Waals surface area contributed by atoms with Gasteiger partial charge in [0, 0.05) is 31.0 Å². The van der Waals surface area contributed by atoms with Gasteiger partial charge in [-0.05, 0) is 12.1 Å². The number of hydrogen-bond donors (Lipinski definition) is 0. The Labute approximate surface area is 93.5 Å². The Morgan fingerprint density at radius 1 is 0.929 bits per heavy atom. The van der Waals surface area contributed by atoms with Crippen molar-refractivity contribution in [3.63, 3.8) is 0 Å². The van der Waals surface area contributed by atoms with Gasteiger partial charge in [0.05, 0.1) is 0 Å². The average molecular weight is 277 g/mol. The Kier molecular flexibility index (Phi) is 4.27. The van der Waals surface area contributed by atoms with E-state index in [1.165, 1.54) is 0 Å². The van der Waals surface area contributed by atoms with Crippen molar-refractivity contribution in [2.75, 3.05) is 21.3 Å². The van der Waals surface area contributed by atoms with E-state index in [0.717, 1.165) is 9.66 Å². The lowest BCUT2D eigenvalue weighted by atomic mass is 10.4. The lowest BCUT2D eigenvalue weighted by Gasteiger charge is -2.24. The third-order valence-electron chi connectivity index (χ3n) is 2.00. The molecule has 1 aromatic rings. The molecule has 78 valence electrons. The number of hydrogen-bond acceptors (Lipinski definition) is 3. The predicted octanol–water partition coefficient (Wildman–Crippen LogP) is 1.53. The van der Waals surface area contributed by atoms with Crippen molar-refractivity contribution in [1.29, 1.82) is 0 Å². The Hall–Kier alpha value is -0.203. The van der Waals surface area contributed by atoms with E-state index in [4.69, 9.17) is 13.3 Å². The summed E-state index contributed by atoms with van der Waals surface area (Å²) in [6.45, 7) is 0. The standard InChI is InChI=1S/C9H13BrO3Si/c1-11-14(12-2,13-3)9-6-4-8(10)5-7-9/h4-7H,1-3H3. The summed E-state index contributed by atoms with van der Waals surface area (Å²) in [5.41, 5.74) is 0. The van der Waals surface area contributed by atoms with Crippen molar-refractivity contribution in [2.45, 2.75) is 0 Å². The highest BCUT2D eigenvalue weighted by molar-refractivity contribution is 9.10. The second-order valence-corrected chi connectivity index (χ2v) is 6.51. The fraction of sp³-hybridized carbons (Fsp3) is 0.333. The van der Waals surface area contributed by atoms with Crippen LogP contribution >= 0.6 is 15.9 Å². The van der Waals surface area contributed by atoms with Gasteiger partial charge in [0.25, 0.3) is 0 Å². The fourth-order valence-corrected chi connectivity index (χ4v) is 3.30. The zero-order chi connectivity index (χ0) is 10.6. The van der Waals surface area contributed by atoms with Crippen LogP contribution in [0.5, 0.6) is 0 Å². The second kappa shape index (κ2) is 5.04. The molecule has 14 heavy (non-hydrogen) atoms. The minimum absolute atomic E-state index is 0.952. The third-order valence-corrected chi connectivity index (χ3v) is 5.19. The van der Waals surface area contributed by atoms with E-state index in [1.54, 1.807) is 21.3 Å². The van der Waals surface area contributed by atoms with E-state index in [9.17, 15) is 0 Å². The monoisotopic (exact) mass is 276 g/mol.